The van der Waals surface area contributed by atoms with Crippen molar-refractivity contribution >= 4 is 17.7 Å². The van der Waals surface area contributed by atoms with E-state index in [4.69, 9.17) is 0 Å². The number of nitrogens with one attached hydrogen (secondary N) is 3. The monoisotopic (exact) mass is 448 g/mol. The number of hydrogen-bond donors (Lipinski definition) is 3. The van der Waals surface area contributed by atoms with Crippen LogP contribution in [0.25, 0.3) is 5.69 Å². The fourth-order valence-electron chi connectivity index (χ4n) is 6.94. The summed E-state index contributed by atoms with van der Waals surface area (Å²) in [5.74, 6) is 1.21. The molecule has 1 heterocycles. The van der Waals surface area contributed by atoms with Crippen LogP contribution in [0.15, 0.2) is 36.4 Å². The molecule has 4 aliphatic rings. The van der Waals surface area contributed by atoms with Gasteiger partial charge >= 0.3 is 0 Å². The van der Waals surface area contributed by atoms with E-state index in [1.807, 2.05) is 48.7 Å². The minimum Gasteiger partial charge on any atom is -0.346 e. The van der Waals surface area contributed by atoms with Gasteiger partial charge in [0.15, 0.2) is 0 Å². The van der Waals surface area contributed by atoms with Crippen molar-refractivity contribution in [2.75, 3.05) is 6.54 Å². The first kappa shape index (κ1) is 21.7. The van der Waals surface area contributed by atoms with Gasteiger partial charge in [-0.25, -0.2) is 0 Å². The second-order valence-corrected chi connectivity index (χ2v) is 10.3. The molecule has 3 amide bonds. The number of hydrogen-bond acceptors (Lipinski definition) is 3. The lowest BCUT2D eigenvalue weighted by molar-refractivity contribution is -0.147. The number of aryl methyl sites for hydroxylation is 1. The van der Waals surface area contributed by atoms with Crippen LogP contribution < -0.4 is 16.2 Å². The number of rotatable bonds is 5. The van der Waals surface area contributed by atoms with Gasteiger partial charge in [0.2, 0.25) is 5.91 Å². The normalized spacial score (nSPS) is 27.3. The topological polar surface area (TPSA) is 92.2 Å². The zero-order chi connectivity index (χ0) is 23.2. The summed E-state index contributed by atoms with van der Waals surface area (Å²) in [5.41, 5.74) is 7.84. The molecule has 4 aliphatic carbocycles. The second-order valence-electron chi connectivity index (χ2n) is 10.3. The maximum Gasteiger partial charge on any atom is 0.271 e. The van der Waals surface area contributed by atoms with Gasteiger partial charge in [-0.2, -0.15) is 0 Å². The molecule has 0 atom stereocenters. The van der Waals surface area contributed by atoms with Crippen molar-refractivity contribution in [2.24, 2.45) is 23.2 Å². The molecule has 7 heteroatoms. The predicted octanol–water partition coefficient (Wildman–Crippen LogP) is 3.19. The molecular weight excluding hydrogens is 416 g/mol. The third-order valence-corrected chi connectivity index (χ3v) is 7.94. The molecule has 0 aliphatic heterocycles. The molecule has 0 radical (unpaired) electrons. The third kappa shape index (κ3) is 4.05. The Kier molecular flexibility index (Phi) is 5.51. The van der Waals surface area contributed by atoms with Gasteiger partial charge in [-0.05, 0) is 88.3 Å². The Bertz CT molecular complexity index is 1050. The molecule has 0 saturated heterocycles. The first-order valence-corrected chi connectivity index (χ1v) is 12.0. The Labute approximate surface area is 194 Å². The van der Waals surface area contributed by atoms with Crippen LogP contribution in [0.5, 0.6) is 0 Å². The van der Waals surface area contributed by atoms with Crippen LogP contribution >= 0.6 is 0 Å². The average molecular weight is 449 g/mol. The molecule has 3 N–H and O–H groups in total. The lowest BCUT2D eigenvalue weighted by Gasteiger charge is -2.55. The Morgan fingerprint density at radius 3 is 2.15 bits per heavy atom. The van der Waals surface area contributed by atoms with Crippen LogP contribution in [0.1, 0.15) is 60.3 Å². The molecule has 0 unspecified atom stereocenters. The summed E-state index contributed by atoms with van der Waals surface area (Å²) in [4.78, 5) is 38.0. The van der Waals surface area contributed by atoms with Gasteiger partial charge in [-0.15, -0.1) is 0 Å². The summed E-state index contributed by atoms with van der Waals surface area (Å²) in [6, 6.07) is 11.6. The number of carbonyl (C=O) groups is 3. The molecule has 1 aromatic carbocycles. The molecule has 1 aromatic heterocycles. The Morgan fingerprint density at radius 2 is 1.55 bits per heavy atom. The number of carbonyl (C=O) groups excluding carboxylic acids is 3. The van der Waals surface area contributed by atoms with E-state index in [-0.39, 0.29) is 23.8 Å². The summed E-state index contributed by atoms with van der Waals surface area (Å²) < 4.78 is 2.00. The van der Waals surface area contributed by atoms with Crippen molar-refractivity contribution in [3.63, 3.8) is 0 Å². The van der Waals surface area contributed by atoms with Gasteiger partial charge < -0.3 is 9.88 Å². The number of hydrazine groups is 1. The number of benzene rings is 1. The highest BCUT2D eigenvalue weighted by Crippen LogP contribution is 2.60. The van der Waals surface area contributed by atoms with Crippen LogP contribution in [-0.2, 0) is 9.59 Å². The van der Waals surface area contributed by atoms with Gasteiger partial charge in [0.25, 0.3) is 11.8 Å². The molecule has 0 spiro atoms. The fraction of sp³-hybridized carbons (Fsp3) is 0.500. The number of aromatic nitrogens is 1. The van der Waals surface area contributed by atoms with Crippen molar-refractivity contribution < 1.29 is 14.4 Å². The molecule has 33 heavy (non-hydrogen) atoms. The molecule has 7 nitrogen and oxygen atoms in total. The second kappa shape index (κ2) is 8.36. The van der Waals surface area contributed by atoms with E-state index in [1.54, 1.807) is 6.07 Å². The SMILES string of the molecule is Cc1cc(C(=O)NNC(=O)CNC(=O)C23CC4CC(CC(C4)C2)C3)c(C)n1-c1ccccc1. The van der Waals surface area contributed by atoms with Crippen molar-refractivity contribution in [2.45, 2.75) is 52.4 Å². The quantitative estimate of drug-likeness (QED) is 0.614. The van der Waals surface area contributed by atoms with E-state index in [1.165, 1.54) is 19.3 Å². The van der Waals surface area contributed by atoms with Crippen LogP contribution in [0, 0.1) is 37.0 Å². The highest BCUT2D eigenvalue weighted by Gasteiger charge is 2.54. The molecular formula is C26H32N4O3. The van der Waals surface area contributed by atoms with E-state index in [2.05, 4.69) is 16.2 Å². The van der Waals surface area contributed by atoms with Crippen LogP contribution in [0.2, 0.25) is 0 Å². The largest absolute Gasteiger partial charge is 0.346 e. The van der Waals surface area contributed by atoms with Crippen molar-refractivity contribution in [1.82, 2.24) is 20.7 Å². The van der Waals surface area contributed by atoms with Crippen molar-refractivity contribution in [3.05, 3.63) is 53.3 Å². The predicted molar refractivity (Wildman–Crippen MR) is 124 cm³/mol. The lowest BCUT2D eigenvalue weighted by atomic mass is 9.49. The zero-order valence-corrected chi connectivity index (χ0v) is 19.3. The Balaban J connectivity index is 1.15. The summed E-state index contributed by atoms with van der Waals surface area (Å²) in [7, 11) is 0. The maximum atomic E-state index is 13.0. The summed E-state index contributed by atoms with van der Waals surface area (Å²) in [6.07, 6.45) is 6.68. The van der Waals surface area contributed by atoms with E-state index in [0.29, 0.717) is 23.3 Å². The minimum atomic E-state index is -0.432. The van der Waals surface area contributed by atoms with Crippen LogP contribution in [0.4, 0.5) is 0 Å². The molecule has 6 rings (SSSR count). The van der Waals surface area contributed by atoms with Crippen molar-refractivity contribution in [1.29, 1.82) is 0 Å². The van der Waals surface area contributed by atoms with Gasteiger partial charge in [-0.3, -0.25) is 25.2 Å². The van der Waals surface area contributed by atoms with Crippen LogP contribution in [-0.4, -0.2) is 28.8 Å². The Morgan fingerprint density at radius 1 is 0.939 bits per heavy atom. The van der Waals surface area contributed by atoms with Gasteiger partial charge in [0.1, 0.15) is 0 Å². The number of para-hydroxylation sites is 1. The van der Waals surface area contributed by atoms with E-state index in [9.17, 15) is 14.4 Å². The smallest absolute Gasteiger partial charge is 0.271 e. The molecule has 4 saturated carbocycles. The summed E-state index contributed by atoms with van der Waals surface area (Å²) in [6.45, 7) is 3.68. The Hall–Kier alpha value is -3.09. The highest BCUT2D eigenvalue weighted by atomic mass is 16.2. The maximum absolute atomic E-state index is 13.0. The molecule has 4 bridgehead atoms. The van der Waals surface area contributed by atoms with E-state index >= 15 is 0 Å². The summed E-state index contributed by atoms with van der Waals surface area (Å²) in [5, 5.41) is 2.84. The fourth-order valence-corrected chi connectivity index (χ4v) is 6.94. The van der Waals surface area contributed by atoms with Gasteiger partial charge in [0.05, 0.1) is 12.1 Å². The van der Waals surface area contributed by atoms with E-state index in [0.717, 1.165) is 36.3 Å². The van der Waals surface area contributed by atoms with Crippen molar-refractivity contribution in [3.8, 4) is 5.69 Å². The number of amides is 3. The third-order valence-electron chi connectivity index (χ3n) is 7.94. The van der Waals surface area contributed by atoms with Crippen LogP contribution in [0.3, 0.4) is 0 Å². The zero-order valence-electron chi connectivity index (χ0n) is 19.3. The van der Waals surface area contributed by atoms with Gasteiger partial charge in [0, 0.05) is 22.5 Å². The van der Waals surface area contributed by atoms with E-state index < -0.39 is 5.91 Å². The summed E-state index contributed by atoms with van der Waals surface area (Å²) >= 11 is 0. The highest BCUT2D eigenvalue weighted by molar-refractivity contribution is 5.97. The average Bonchev–Trinajstić information content (AvgIpc) is 3.09. The standard InChI is InChI=1S/C26H32N4O3/c1-16-8-22(17(2)30(16)21-6-4-3-5-7-21)24(32)29-28-23(31)15-27-25(33)26-12-18-9-19(13-26)11-20(10-18)14-26/h3-8,18-20H,9-15H2,1-2H3,(H,27,33)(H,28,31)(H,29,32). The molecule has 2 aromatic rings. The minimum absolute atomic E-state index is 0.00878. The first-order chi connectivity index (χ1) is 15.8. The first-order valence-electron chi connectivity index (χ1n) is 12.0. The number of nitrogens with zero attached hydrogens (tertiary/aromatic N) is 1. The molecule has 4 fully saturated rings. The van der Waals surface area contributed by atoms with Gasteiger partial charge in [-0.1, -0.05) is 18.2 Å². The molecule has 174 valence electrons. The lowest BCUT2D eigenvalue weighted by Crippen LogP contribution is -2.55.